The van der Waals surface area contributed by atoms with E-state index in [0.29, 0.717) is 0 Å². The smallest absolute Gasteiger partial charge is 0.123 e. The quantitative estimate of drug-likeness (QED) is 0.658. The summed E-state index contributed by atoms with van der Waals surface area (Å²) in [5.41, 5.74) is 9.82. The molecule has 0 radical (unpaired) electrons. The van der Waals surface area contributed by atoms with Crippen molar-refractivity contribution >= 4 is 17.4 Å². The van der Waals surface area contributed by atoms with E-state index in [1.807, 2.05) is 38.1 Å². The molecule has 0 aliphatic carbocycles. The van der Waals surface area contributed by atoms with Crippen molar-refractivity contribution in [1.82, 2.24) is 0 Å². The number of hydrogen-bond acceptors (Lipinski definition) is 2. The van der Waals surface area contributed by atoms with E-state index in [9.17, 15) is 4.39 Å². The minimum Gasteiger partial charge on any atom is -0.399 e. The Labute approximate surface area is 111 Å². The van der Waals surface area contributed by atoms with Crippen molar-refractivity contribution in [3.63, 3.8) is 0 Å². The number of rotatable bonds is 3. The molecule has 0 bridgehead atoms. The van der Waals surface area contributed by atoms with Crippen molar-refractivity contribution in [2.45, 2.75) is 24.5 Å². The molecule has 0 atom stereocenters. The zero-order valence-corrected chi connectivity index (χ0v) is 11.4. The van der Waals surface area contributed by atoms with Crippen molar-refractivity contribution in [3.05, 3.63) is 58.9 Å². The Hall–Kier alpha value is -1.48. The van der Waals surface area contributed by atoms with Gasteiger partial charge < -0.3 is 5.73 Å². The fourth-order valence-electron chi connectivity index (χ4n) is 1.79. The molecule has 94 valence electrons. The Bertz CT molecular complexity index is 566. The van der Waals surface area contributed by atoms with Crippen LogP contribution < -0.4 is 5.73 Å². The third-order valence-electron chi connectivity index (χ3n) is 2.89. The van der Waals surface area contributed by atoms with Gasteiger partial charge in [0.05, 0.1) is 0 Å². The summed E-state index contributed by atoms with van der Waals surface area (Å²) in [5, 5.41) is 0. The predicted octanol–water partition coefficient (Wildman–Crippen LogP) is 4.32. The molecular formula is C15H16FNS. The number of benzene rings is 2. The number of halogens is 1. The van der Waals surface area contributed by atoms with Gasteiger partial charge in [-0.25, -0.2) is 4.39 Å². The second-order valence-electron chi connectivity index (χ2n) is 4.38. The topological polar surface area (TPSA) is 26.0 Å². The normalized spacial score (nSPS) is 10.6. The van der Waals surface area contributed by atoms with Crippen LogP contribution in [0.2, 0.25) is 0 Å². The van der Waals surface area contributed by atoms with Gasteiger partial charge in [0.1, 0.15) is 5.82 Å². The minimum atomic E-state index is -0.176. The zero-order valence-electron chi connectivity index (χ0n) is 10.5. The summed E-state index contributed by atoms with van der Waals surface area (Å²) in [7, 11) is 0. The molecule has 0 aliphatic rings. The predicted molar refractivity (Wildman–Crippen MR) is 76.3 cm³/mol. The number of thioether (sulfide) groups is 1. The molecule has 18 heavy (non-hydrogen) atoms. The molecule has 0 unspecified atom stereocenters. The Kier molecular flexibility index (Phi) is 3.92. The molecule has 0 saturated heterocycles. The molecule has 0 heterocycles. The molecular weight excluding hydrogens is 245 g/mol. The van der Waals surface area contributed by atoms with Gasteiger partial charge in [-0.3, -0.25) is 0 Å². The number of aryl methyl sites for hydroxylation is 2. The van der Waals surface area contributed by atoms with Gasteiger partial charge in [-0.2, -0.15) is 0 Å². The number of anilines is 1. The Morgan fingerprint density at radius 1 is 1.06 bits per heavy atom. The van der Waals surface area contributed by atoms with Gasteiger partial charge >= 0.3 is 0 Å². The zero-order chi connectivity index (χ0) is 13.1. The first kappa shape index (κ1) is 13.0. The Morgan fingerprint density at radius 3 is 2.56 bits per heavy atom. The lowest BCUT2D eigenvalue weighted by Gasteiger charge is -2.08. The monoisotopic (exact) mass is 261 g/mol. The largest absolute Gasteiger partial charge is 0.399 e. The summed E-state index contributed by atoms with van der Waals surface area (Å²) in [6, 6.07) is 10.8. The summed E-state index contributed by atoms with van der Waals surface area (Å²) < 4.78 is 13.2. The highest BCUT2D eigenvalue weighted by Crippen LogP contribution is 2.28. The van der Waals surface area contributed by atoms with Crippen LogP contribution in [0.4, 0.5) is 10.1 Å². The maximum Gasteiger partial charge on any atom is 0.123 e. The SMILES string of the molecule is Cc1ccc(F)cc1CSc1ccc(N)cc1C. The van der Waals surface area contributed by atoms with E-state index in [2.05, 4.69) is 0 Å². The molecule has 0 aliphatic heterocycles. The van der Waals surface area contributed by atoms with Crippen LogP contribution in [0.1, 0.15) is 16.7 Å². The van der Waals surface area contributed by atoms with Crippen LogP contribution in [0.25, 0.3) is 0 Å². The van der Waals surface area contributed by atoms with Crippen molar-refractivity contribution in [1.29, 1.82) is 0 Å². The molecule has 0 saturated carbocycles. The number of nitrogen functional groups attached to an aromatic ring is 1. The van der Waals surface area contributed by atoms with Crippen LogP contribution in [0.5, 0.6) is 0 Å². The summed E-state index contributed by atoms with van der Waals surface area (Å²) in [6.45, 7) is 4.04. The maximum absolute atomic E-state index is 13.2. The summed E-state index contributed by atoms with van der Waals surface area (Å²) in [4.78, 5) is 1.19. The third kappa shape index (κ3) is 3.05. The van der Waals surface area contributed by atoms with Crippen LogP contribution in [-0.2, 0) is 5.75 Å². The lowest BCUT2D eigenvalue weighted by molar-refractivity contribution is 0.626. The highest BCUT2D eigenvalue weighted by atomic mass is 32.2. The van der Waals surface area contributed by atoms with E-state index in [0.717, 1.165) is 28.1 Å². The van der Waals surface area contributed by atoms with Crippen molar-refractivity contribution < 1.29 is 4.39 Å². The Morgan fingerprint density at radius 2 is 1.83 bits per heavy atom. The van der Waals surface area contributed by atoms with Crippen molar-refractivity contribution in [2.75, 3.05) is 5.73 Å². The second kappa shape index (κ2) is 5.44. The first-order valence-electron chi connectivity index (χ1n) is 5.80. The molecule has 0 spiro atoms. The molecule has 0 fully saturated rings. The standard InChI is InChI=1S/C15H16FNS/c1-10-3-4-13(16)8-12(10)9-18-15-6-5-14(17)7-11(15)2/h3-8H,9,17H2,1-2H3. The molecule has 2 aromatic rings. The van der Waals surface area contributed by atoms with E-state index in [4.69, 9.17) is 5.73 Å². The third-order valence-corrected chi connectivity index (χ3v) is 4.12. The average Bonchev–Trinajstić information content (AvgIpc) is 2.32. The number of hydrogen-bond donors (Lipinski definition) is 1. The first-order chi connectivity index (χ1) is 8.56. The maximum atomic E-state index is 13.2. The van der Waals surface area contributed by atoms with Crippen molar-refractivity contribution in [2.24, 2.45) is 0 Å². The van der Waals surface area contributed by atoms with E-state index in [1.54, 1.807) is 17.8 Å². The second-order valence-corrected chi connectivity index (χ2v) is 5.40. The van der Waals surface area contributed by atoms with Gasteiger partial charge in [-0.1, -0.05) is 6.07 Å². The fourth-order valence-corrected chi connectivity index (χ4v) is 2.86. The van der Waals surface area contributed by atoms with Gasteiger partial charge in [0.25, 0.3) is 0 Å². The van der Waals surface area contributed by atoms with E-state index in [1.165, 1.54) is 11.0 Å². The lowest BCUT2D eigenvalue weighted by Crippen LogP contribution is -1.90. The summed E-state index contributed by atoms with van der Waals surface area (Å²) in [6.07, 6.45) is 0. The van der Waals surface area contributed by atoms with Crippen LogP contribution in [0.15, 0.2) is 41.3 Å². The van der Waals surface area contributed by atoms with Crippen LogP contribution in [0.3, 0.4) is 0 Å². The number of nitrogens with two attached hydrogens (primary N) is 1. The first-order valence-corrected chi connectivity index (χ1v) is 6.79. The fraction of sp³-hybridized carbons (Fsp3) is 0.200. The van der Waals surface area contributed by atoms with Gasteiger partial charge in [0.2, 0.25) is 0 Å². The van der Waals surface area contributed by atoms with Gasteiger partial charge in [-0.05, 0) is 60.9 Å². The van der Waals surface area contributed by atoms with E-state index in [-0.39, 0.29) is 5.82 Å². The van der Waals surface area contributed by atoms with Gasteiger partial charge in [0.15, 0.2) is 0 Å². The molecule has 1 nitrogen and oxygen atoms in total. The van der Waals surface area contributed by atoms with Gasteiger partial charge in [0, 0.05) is 16.3 Å². The molecule has 2 N–H and O–H groups in total. The molecule has 2 rings (SSSR count). The van der Waals surface area contributed by atoms with Crippen molar-refractivity contribution in [3.8, 4) is 0 Å². The highest BCUT2D eigenvalue weighted by Gasteiger charge is 2.04. The molecule has 0 aromatic heterocycles. The summed E-state index contributed by atoms with van der Waals surface area (Å²) in [5.74, 6) is 0.596. The van der Waals surface area contributed by atoms with E-state index < -0.39 is 0 Å². The lowest BCUT2D eigenvalue weighted by atomic mass is 10.1. The summed E-state index contributed by atoms with van der Waals surface area (Å²) >= 11 is 1.71. The Balaban J connectivity index is 2.13. The minimum absolute atomic E-state index is 0.176. The molecule has 0 amide bonds. The van der Waals surface area contributed by atoms with Crippen LogP contribution in [0, 0.1) is 19.7 Å². The average molecular weight is 261 g/mol. The van der Waals surface area contributed by atoms with E-state index >= 15 is 0 Å². The van der Waals surface area contributed by atoms with Gasteiger partial charge in [-0.15, -0.1) is 11.8 Å². The van der Waals surface area contributed by atoms with Crippen LogP contribution >= 0.6 is 11.8 Å². The molecule has 3 heteroatoms. The molecule has 2 aromatic carbocycles. The highest BCUT2D eigenvalue weighted by molar-refractivity contribution is 7.98. The van der Waals surface area contributed by atoms with Crippen LogP contribution in [-0.4, -0.2) is 0 Å².